The number of aromatic hydroxyl groups is 1. The van der Waals surface area contributed by atoms with Gasteiger partial charge in [-0.2, -0.15) is 0 Å². The minimum absolute atomic E-state index is 0.00532. The number of hydrogen-bond acceptors (Lipinski definition) is 4. The Morgan fingerprint density at radius 1 is 1.32 bits per heavy atom. The van der Waals surface area contributed by atoms with Crippen LogP contribution in [-0.2, 0) is 16.0 Å². The van der Waals surface area contributed by atoms with Gasteiger partial charge in [-0.15, -0.1) is 0 Å². The Bertz CT molecular complexity index is 452. The summed E-state index contributed by atoms with van der Waals surface area (Å²) in [5, 5.41) is 20.4. The molecule has 0 heterocycles. The molecule has 4 heteroatoms. The Morgan fingerprint density at radius 3 is 2.42 bits per heavy atom. The monoisotopic (exact) mass is 266 g/mol. The summed E-state index contributed by atoms with van der Waals surface area (Å²) in [4.78, 5) is 11.7. The maximum atomic E-state index is 11.7. The molecule has 1 aromatic rings. The van der Waals surface area contributed by atoms with Crippen LogP contribution in [0.2, 0.25) is 0 Å². The molecule has 1 rings (SSSR count). The number of rotatable bonds is 5. The molecule has 0 aromatic heterocycles. The molecule has 0 radical (unpaired) electrons. The lowest BCUT2D eigenvalue weighted by Gasteiger charge is -2.20. The molecule has 0 saturated carbocycles. The van der Waals surface area contributed by atoms with Crippen molar-refractivity contribution in [3.8, 4) is 5.75 Å². The maximum absolute atomic E-state index is 11.7. The van der Waals surface area contributed by atoms with Crippen molar-refractivity contribution in [1.29, 1.82) is 0 Å². The van der Waals surface area contributed by atoms with Gasteiger partial charge in [-0.1, -0.05) is 32.9 Å². The number of aliphatic hydroxyl groups excluding tert-OH is 1. The molecule has 0 spiro atoms. The molecule has 0 aliphatic carbocycles. The minimum atomic E-state index is -1.44. The Balaban J connectivity index is 3.32. The van der Waals surface area contributed by atoms with E-state index in [4.69, 9.17) is 4.74 Å². The van der Waals surface area contributed by atoms with E-state index in [1.807, 2.05) is 32.9 Å². The van der Waals surface area contributed by atoms with Gasteiger partial charge in [0, 0.05) is 5.56 Å². The van der Waals surface area contributed by atoms with Crippen molar-refractivity contribution < 1.29 is 19.7 Å². The zero-order chi connectivity index (χ0) is 14.6. The summed E-state index contributed by atoms with van der Waals surface area (Å²) in [6, 6.07) is 3.67. The van der Waals surface area contributed by atoms with Gasteiger partial charge < -0.3 is 14.9 Å². The van der Waals surface area contributed by atoms with Gasteiger partial charge in [-0.25, -0.2) is 4.79 Å². The molecule has 1 aromatic carbocycles. The third-order valence-corrected chi connectivity index (χ3v) is 3.12. The third-order valence-electron chi connectivity index (χ3n) is 3.12. The summed E-state index contributed by atoms with van der Waals surface area (Å²) in [7, 11) is 0. The van der Waals surface area contributed by atoms with E-state index < -0.39 is 12.1 Å². The van der Waals surface area contributed by atoms with Crippen LogP contribution >= 0.6 is 0 Å². The molecule has 0 fully saturated rings. The van der Waals surface area contributed by atoms with Crippen molar-refractivity contribution in [1.82, 2.24) is 0 Å². The van der Waals surface area contributed by atoms with Crippen molar-refractivity contribution in [2.24, 2.45) is 0 Å². The average molecular weight is 266 g/mol. The number of ether oxygens (including phenoxy) is 1. The first-order valence-electron chi connectivity index (χ1n) is 6.63. The van der Waals surface area contributed by atoms with Crippen molar-refractivity contribution >= 4 is 5.97 Å². The number of phenolic OH excluding ortho intramolecular Hbond substituents is 1. The van der Waals surface area contributed by atoms with Crippen LogP contribution in [0.15, 0.2) is 12.1 Å². The number of benzene rings is 1. The normalized spacial score (nSPS) is 12.5. The van der Waals surface area contributed by atoms with E-state index in [1.165, 1.54) is 0 Å². The molecule has 0 aliphatic rings. The van der Waals surface area contributed by atoms with Crippen LogP contribution in [0, 0.1) is 0 Å². The number of aryl methyl sites for hydroxylation is 1. The van der Waals surface area contributed by atoms with E-state index in [9.17, 15) is 15.0 Å². The van der Waals surface area contributed by atoms with Gasteiger partial charge in [0.2, 0.25) is 0 Å². The highest BCUT2D eigenvalue weighted by molar-refractivity contribution is 5.78. The third kappa shape index (κ3) is 3.26. The summed E-state index contributed by atoms with van der Waals surface area (Å²) < 4.78 is 4.82. The van der Waals surface area contributed by atoms with E-state index >= 15 is 0 Å². The lowest BCUT2D eigenvalue weighted by atomic mass is 9.90. The summed E-state index contributed by atoms with van der Waals surface area (Å²) >= 11 is 0. The van der Waals surface area contributed by atoms with E-state index in [0.717, 1.165) is 5.56 Å². The number of aliphatic hydroxyl groups is 1. The standard InChI is InChI=1S/C15H22O4/c1-5-10-7-8-11(9(3)4)12(13(10)16)14(17)15(18)19-6-2/h7-9,14,16-17H,5-6H2,1-4H3. The van der Waals surface area contributed by atoms with Crippen molar-refractivity contribution in [2.45, 2.75) is 46.1 Å². The smallest absolute Gasteiger partial charge is 0.339 e. The van der Waals surface area contributed by atoms with Crippen LogP contribution in [-0.4, -0.2) is 22.8 Å². The Labute approximate surface area is 114 Å². The van der Waals surface area contributed by atoms with Gasteiger partial charge in [0.1, 0.15) is 5.75 Å². The van der Waals surface area contributed by atoms with Crippen LogP contribution in [0.4, 0.5) is 0 Å². The number of carbonyl (C=O) groups excluding carboxylic acids is 1. The molecule has 1 unspecified atom stereocenters. The molecule has 0 bridgehead atoms. The second-order valence-electron chi connectivity index (χ2n) is 4.74. The van der Waals surface area contributed by atoms with Gasteiger partial charge in [0.05, 0.1) is 6.61 Å². The SMILES string of the molecule is CCOC(=O)C(O)c1c(C(C)C)ccc(CC)c1O. The average Bonchev–Trinajstić information content (AvgIpc) is 2.37. The molecular formula is C15H22O4. The van der Waals surface area contributed by atoms with Crippen LogP contribution in [0.3, 0.4) is 0 Å². The zero-order valence-corrected chi connectivity index (χ0v) is 11.9. The predicted molar refractivity (Wildman–Crippen MR) is 73.2 cm³/mol. The van der Waals surface area contributed by atoms with E-state index in [1.54, 1.807) is 6.92 Å². The fourth-order valence-corrected chi connectivity index (χ4v) is 2.08. The first kappa shape index (κ1) is 15.5. The fourth-order valence-electron chi connectivity index (χ4n) is 2.08. The zero-order valence-electron chi connectivity index (χ0n) is 11.9. The Hall–Kier alpha value is -1.55. The highest BCUT2D eigenvalue weighted by atomic mass is 16.5. The number of carbonyl (C=O) groups is 1. The van der Waals surface area contributed by atoms with Crippen molar-refractivity contribution in [3.63, 3.8) is 0 Å². The van der Waals surface area contributed by atoms with Crippen molar-refractivity contribution in [2.75, 3.05) is 6.61 Å². The summed E-state index contributed by atoms with van der Waals surface area (Å²) in [5.74, 6) is -0.641. The predicted octanol–water partition coefficient (Wildman–Crippen LogP) is 2.67. The molecule has 106 valence electrons. The van der Waals surface area contributed by atoms with Gasteiger partial charge in [0.15, 0.2) is 6.10 Å². The molecule has 4 nitrogen and oxygen atoms in total. The highest BCUT2D eigenvalue weighted by Gasteiger charge is 2.27. The molecule has 0 saturated heterocycles. The van der Waals surface area contributed by atoms with E-state index in [0.29, 0.717) is 12.0 Å². The lowest BCUT2D eigenvalue weighted by Crippen LogP contribution is -2.18. The molecule has 19 heavy (non-hydrogen) atoms. The molecule has 0 amide bonds. The Morgan fingerprint density at radius 2 is 1.95 bits per heavy atom. The second kappa shape index (κ2) is 6.57. The number of hydrogen-bond donors (Lipinski definition) is 2. The quantitative estimate of drug-likeness (QED) is 0.804. The lowest BCUT2D eigenvalue weighted by molar-refractivity contribution is -0.153. The van der Waals surface area contributed by atoms with Gasteiger partial charge in [-0.3, -0.25) is 0 Å². The number of esters is 1. The molecular weight excluding hydrogens is 244 g/mol. The summed E-state index contributed by atoms with van der Waals surface area (Å²) in [5.41, 5.74) is 1.74. The van der Waals surface area contributed by atoms with E-state index in [2.05, 4.69) is 0 Å². The van der Waals surface area contributed by atoms with Crippen LogP contribution < -0.4 is 0 Å². The van der Waals surface area contributed by atoms with Crippen molar-refractivity contribution in [3.05, 3.63) is 28.8 Å². The van der Waals surface area contributed by atoms with Gasteiger partial charge >= 0.3 is 5.97 Å². The largest absolute Gasteiger partial charge is 0.507 e. The number of phenols is 1. The molecule has 2 N–H and O–H groups in total. The van der Waals surface area contributed by atoms with E-state index in [-0.39, 0.29) is 23.8 Å². The fraction of sp³-hybridized carbons (Fsp3) is 0.533. The first-order valence-corrected chi connectivity index (χ1v) is 6.63. The van der Waals surface area contributed by atoms with Crippen LogP contribution in [0.25, 0.3) is 0 Å². The van der Waals surface area contributed by atoms with Crippen LogP contribution in [0.5, 0.6) is 5.75 Å². The summed E-state index contributed by atoms with van der Waals surface area (Å²) in [6.45, 7) is 7.67. The topological polar surface area (TPSA) is 66.8 Å². The van der Waals surface area contributed by atoms with Gasteiger partial charge in [0.25, 0.3) is 0 Å². The Kier molecular flexibility index (Phi) is 5.36. The molecule has 0 aliphatic heterocycles. The van der Waals surface area contributed by atoms with Crippen LogP contribution in [0.1, 0.15) is 56.4 Å². The maximum Gasteiger partial charge on any atom is 0.339 e. The summed E-state index contributed by atoms with van der Waals surface area (Å²) in [6.07, 6.45) is -0.809. The second-order valence-corrected chi connectivity index (χ2v) is 4.74. The van der Waals surface area contributed by atoms with Gasteiger partial charge in [-0.05, 0) is 30.4 Å². The molecule has 1 atom stereocenters. The highest BCUT2D eigenvalue weighted by Crippen LogP contribution is 2.36. The first-order chi connectivity index (χ1) is 8.93. The minimum Gasteiger partial charge on any atom is -0.507 e.